The number of β-lactam (4-membered cyclic amide) rings is 1. The molecule has 2 heterocycles. The zero-order valence-corrected chi connectivity index (χ0v) is 9.90. The molecule has 2 aliphatic rings. The lowest BCUT2D eigenvalue weighted by atomic mass is 10.1. The molecule has 7 heteroatoms. The molecule has 0 bridgehead atoms. The zero-order valence-electron chi connectivity index (χ0n) is 9.08. The van der Waals surface area contributed by atoms with E-state index in [-0.39, 0.29) is 17.9 Å². The van der Waals surface area contributed by atoms with Gasteiger partial charge in [0.15, 0.2) is 0 Å². The maximum absolute atomic E-state index is 11.2. The quantitative estimate of drug-likeness (QED) is 0.574. The largest absolute Gasteiger partial charge is 0.480 e. The molecule has 6 nitrogen and oxygen atoms in total. The Morgan fingerprint density at radius 3 is 2.88 bits per heavy atom. The van der Waals surface area contributed by atoms with Crippen LogP contribution < -0.4 is 0 Å². The van der Waals surface area contributed by atoms with Crippen molar-refractivity contribution in [1.29, 1.82) is 0 Å². The summed E-state index contributed by atoms with van der Waals surface area (Å²) < 4.78 is 4.78. The third-order valence-corrected chi connectivity index (χ3v) is 4.03. The molecule has 2 aliphatic heterocycles. The molecule has 2 rings (SSSR count). The highest BCUT2D eigenvalue weighted by atomic mass is 32.2. The summed E-state index contributed by atoms with van der Waals surface area (Å²) in [6.45, 7) is 1.17. The molecule has 0 aromatic heterocycles. The number of rotatable bonds is 3. The molecule has 0 aromatic carbocycles. The standard InChI is InChI=1S/C10H11NO5S/c1-5(12)16-4-6-3-11-7(13)2-8(11)17-9(6)10(14)15/h3,8-9H,2,4H2,1H3,(H,14,15)/t8-,9?/m1/s1. The fourth-order valence-electron chi connectivity index (χ4n) is 1.68. The molecule has 1 fully saturated rings. The molecule has 2 atom stereocenters. The molecular weight excluding hydrogens is 246 g/mol. The zero-order chi connectivity index (χ0) is 12.6. The van der Waals surface area contributed by atoms with Gasteiger partial charge in [-0.05, 0) is 0 Å². The van der Waals surface area contributed by atoms with Gasteiger partial charge in [-0.3, -0.25) is 14.4 Å². The van der Waals surface area contributed by atoms with Crippen LogP contribution in [0.15, 0.2) is 11.8 Å². The van der Waals surface area contributed by atoms with Gasteiger partial charge < -0.3 is 14.7 Å². The number of aliphatic carboxylic acids is 1. The number of hydrogen-bond donors (Lipinski definition) is 1. The Kier molecular flexibility index (Phi) is 3.10. The minimum Gasteiger partial charge on any atom is -0.480 e. The topological polar surface area (TPSA) is 83.9 Å². The van der Waals surface area contributed by atoms with Crippen LogP contribution in [-0.2, 0) is 19.1 Å². The lowest BCUT2D eigenvalue weighted by Gasteiger charge is -2.42. The van der Waals surface area contributed by atoms with Crippen molar-refractivity contribution >= 4 is 29.6 Å². The molecule has 1 unspecified atom stereocenters. The summed E-state index contributed by atoms with van der Waals surface area (Å²) in [6.07, 6.45) is 1.86. The number of fused-ring (bicyclic) bond motifs is 1. The van der Waals surface area contributed by atoms with E-state index in [2.05, 4.69) is 0 Å². The average molecular weight is 257 g/mol. The van der Waals surface area contributed by atoms with Gasteiger partial charge in [0.2, 0.25) is 5.91 Å². The Balaban J connectivity index is 2.14. The van der Waals surface area contributed by atoms with E-state index in [0.717, 1.165) is 0 Å². The third-order valence-electron chi connectivity index (χ3n) is 2.55. The Labute approximate surface area is 102 Å². The molecule has 17 heavy (non-hydrogen) atoms. The highest BCUT2D eigenvalue weighted by Gasteiger charge is 2.43. The number of carboxylic acid groups (broad SMARTS) is 1. The average Bonchev–Trinajstić information content (AvgIpc) is 2.24. The highest BCUT2D eigenvalue weighted by Crippen LogP contribution is 2.40. The van der Waals surface area contributed by atoms with Gasteiger partial charge in [0, 0.05) is 18.7 Å². The molecule has 1 N–H and O–H groups in total. The number of amides is 1. The van der Waals surface area contributed by atoms with Crippen molar-refractivity contribution < 1.29 is 24.2 Å². The van der Waals surface area contributed by atoms with Gasteiger partial charge in [-0.2, -0.15) is 0 Å². The predicted molar refractivity (Wildman–Crippen MR) is 59.0 cm³/mol. The van der Waals surface area contributed by atoms with Crippen molar-refractivity contribution in [1.82, 2.24) is 4.90 Å². The third kappa shape index (κ3) is 2.28. The second kappa shape index (κ2) is 4.40. The minimum atomic E-state index is -0.979. The highest BCUT2D eigenvalue weighted by molar-refractivity contribution is 8.01. The van der Waals surface area contributed by atoms with E-state index in [1.165, 1.54) is 29.8 Å². The van der Waals surface area contributed by atoms with Crippen LogP contribution in [0.25, 0.3) is 0 Å². The van der Waals surface area contributed by atoms with Gasteiger partial charge in [-0.1, -0.05) is 0 Å². The van der Waals surface area contributed by atoms with Crippen LogP contribution in [0.1, 0.15) is 13.3 Å². The second-order valence-electron chi connectivity index (χ2n) is 3.80. The number of esters is 1. The summed E-state index contributed by atoms with van der Waals surface area (Å²) in [5.74, 6) is -1.49. The summed E-state index contributed by atoms with van der Waals surface area (Å²) in [5, 5.41) is 8.22. The number of ether oxygens (including phenoxy) is 1. The number of thioether (sulfide) groups is 1. The van der Waals surface area contributed by atoms with Crippen LogP contribution in [0.2, 0.25) is 0 Å². The first-order valence-electron chi connectivity index (χ1n) is 5.02. The van der Waals surface area contributed by atoms with E-state index in [1.54, 1.807) is 0 Å². The molecule has 0 aromatic rings. The van der Waals surface area contributed by atoms with Crippen molar-refractivity contribution in [3.8, 4) is 0 Å². The van der Waals surface area contributed by atoms with Crippen molar-refractivity contribution in [2.24, 2.45) is 0 Å². The first-order valence-corrected chi connectivity index (χ1v) is 5.96. The number of carbonyl (C=O) groups is 3. The maximum Gasteiger partial charge on any atom is 0.321 e. The van der Waals surface area contributed by atoms with Crippen molar-refractivity contribution in [3.05, 3.63) is 11.8 Å². The Morgan fingerprint density at radius 2 is 2.35 bits per heavy atom. The SMILES string of the molecule is CC(=O)OCC1=CN2C(=O)C[C@H]2SC1C(=O)O. The summed E-state index contributed by atoms with van der Waals surface area (Å²) in [4.78, 5) is 34.5. The van der Waals surface area contributed by atoms with Crippen molar-refractivity contribution in [2.45, 2.75) is 24.0 Å². The fourth-order valence-corrected chi connectivity index (χ4v) is 2.96. The van der Waals surface area contributed by atoms with Crippen LogP contribution in [0.4, 0.5) is 0 Å². The Morgan fingerprint density at radius 1 is 1.65 bits per heavy atom. The predicted octanol–water partition coefficient (Wildman–Crippen LogP) is 0.192. The lowest BCUT2D eigenvalue weighted by Crippen LogP contribution is -2.51. The van der Waals surface area contributed by atoms with E-state index >= 15 is 0 Å². The van der Waals surface area contributed by atoms with Crippen molar-refractivity contribution in [2.75, 3.05) is 6.61 Å². The Hall–Kier alpha value is -1.50. The lowest BCUT2D eigenvalue weighted by molar-refractivity contribution is -0.142. The van der Waals surface area contributed by atoms with Gasteiger partial charge in [-0.15, -0.1) is 11.8 Å². The summed E-state index contributed by atoms with van der Waals surface area (Å²) in [5.41, 5.74) is 0.432. The number of carboxylic acids is 1. The molecule has 0 aliphatic carbocycles. The van der Waals surface area contributed by atoms with Crippen LogP contribution >= 0.6 is 11.8 Å². The molecular formula is C10H11NO5S. The van der Waals surface area contributed by atoms with Gasteiger partial charge in [0.05, 0.1) is 11.8 Å². The van der Waals surface area contributed by atoms with Crippen LogP contribution in [0, 0.1) is 0 Å². The van der Waals surface area contributed by atoms with Gasteiger partial charge >= 0.3 is 11.9 Å². The Bertz CT molecular complexity index is 419. The smallest absolute Gasteiger partial charge is 0.321 e. The van der Waals surface area contributed by atoms with Crippen LogP contribution in [0.5, 0.6) is 0 Å². The number of carbonyl (C=O) groups excluding carboxylic acids is 2. The van der Waals surface area contributed by atoms with E-state index < -0.39 is 17.2 Å². The van der Waals surface area contributed by atoms with Crippen LogP contribution in [0.3, 0.4) is 0 Å². The van der Waals surface area contributed by atoms with E-state index in [4.69, 9.17) is 9.84 Å². The number of hydrogen-bond acceptors (Lipinski definition) is 5. The second-order valence-corrected chi connectivity index (χ2v) is 5.09. The molecule has 1 saturated heterocycles. The van der Waals surface area contributed by atoms with Crippen LogP contribution in [-0.4, -0.2) is 45.1 Å². The molecule has 1 amide bonds. The molecule has 0 spiro atoms. The fraction of sp³-hybridized carbons (Fsp3) is 0.500. The molecule has 0 saturated carbocycles. The van der Waals surface area contributed by atoms with Gasteiger partial charge in [0.25, 0.3) is 0 Å². The van der Waals surface area contributed by atoms with Crippen molar-refractivity contribution in [3.63, 3.8) is 0 Å². The summed E-state index contributed by atoms with van der Waals surface area (Å²) in [6, 6.07) is 0. The van der Waals surface area contributed by atoms with E-state index in [1.807, 2.05) is 0 Å². The van der Waals surface area contributed by atoms with Gasteiger partial charge in [0.1, 0.15) is 11.9 Å². The normalized spacial score (nSPS) is 26.8. The summed E-state index contributed by atoms with van der Waals surface area (Å²) in [7, 11) is 0. The summed E-state index contributed by atoms with van der Waals surface area (Å²) >= 11 is 1.20. The molecule has 0 radical (unpaired) electrons. The van der Waals surface area contributed by atoms with E-state index in [0.29, 0.717) is 12.0 Å². The van der Waals surface area contributed by atoms with E-state index in [9.17, 15) is 14.4 Å². The van der Waals surface area contributed by atoms with Gasteiger partial charge in [-0.25, -0.2) is 0 Å². The first kappa shape index (κ1) is 12.0. The monoisotopic (exact) mass is 257 g/mol. The number of nitrogens with zero attached hydrogens (tertiary/aromatic N) is 1. The first-order chi connectivity index (χ1) is 7.99. The minimum absolute atomic E-state index is 0.0355. The molecule has 92 valence electrons. The maximum atomic E-state index is 11.2.